The monoisotopic (exact) mass is 360 g/mol. The van der Waals surface area contributed by atoms with Gasteiger partial charge in [-0.25, -0.2) is 0 Å². The molecule has 1 N–H and O–H groups in total. The third-order valence-corrected chi connectivity index (χ3v) is 4.64. The van der Waals surface area contributed by atoms with Crippen LogP contribution in [0.25, 0.3) is 0 Å². The summed E-state index contributed by atoms with van der Waals surface area (Å²) in [4.78, 5) is 21.1. The number of carbonyl (C=O) groups is 1. The van der Waals surface area contributed by atoms with Gasteiger partial charge in [-0.3, -0.25) is 9.79 Å². The highest BCUT2D eigenvalue weighted by molar-refractivity contribution is 5.80. The summed E-state index contributed by atoms with van der Waals surface area (Å²) >= 11 is 0. The van der Waals surface area contributed by atoms with Crippen molar-refractivity contribution in [3.63, 3.8) is 0 Å². The number of para-hydroxylation sites is 1. The smallest absolute Gasteiger partial charge is 0.309 e. The molecule has 1 aromatic rings. The van der Waals surface area contributed by atoms with Crippen molar-refractivity contribution < 1.29 is 9.53 Å². The lowest BCUT2D eigenvalue weighted by molar-refractivity contribution is -0.149. The van der Waals surface area contributed by atoms with Crippen molar-refractivity contribution in [3.05, 3.63) is 30.3 Å². The number of hydrogen-bond donors (Lipinski definition) is 1. The Morgan fingerprint density at radius 2 is 1.96 bits per heavy atom. The highest BCUT2D eigenvalue weighted by atomic mass is 16.5. The molecule has 0 spiro atoms. The third kappa shape index (κ3) is 5.93. The molecule has 1 aromatic carbocycles. The van der Waals surface area contributed by atoms with Crippen LogP contribution in [0.15, 0.2) is 35.3 Å². The van der Waals surface area contributed by atoms with Crippen molar-refractivity contribution in [3.8, 4) is 0 Å². The maximum absolute atomic E-state index is 11.9. The van der Waals surface area contributed by atoms with Gasteiger partial charge in [0.15, 0.2) is 5.96 Å². The van der Waals surface area contributed by atoms with Gasteiger partial charge in [-0.05, 0) is 38.8 Å². The summed E-state index contributed by atoms with van der Waals surface area (Å²) < 4.78 is 5.15. The number of esters is 1. The second-order valence-electron chi connectivity index (χ2n) is 6.51. The number of anilines is 1. The fraction of sp³-hybridized carbons (Fsp3) is 0.600. The maximum Gasteiger partial charge on any atom is 0.309 e. The van der Waals surface area contributed by atoms with Crippen LogP contribution in [0.2, 0.25) is 0 Å². The summed E-state index contributed by atoms with van der Waals surface area (Å²) in [5.41, 5.74) is 1.20. The Morgan fingerprint density at radius 3 is 2.58 bits per heavy atom. The van der Waals surface area contributed by atoms with E-state index in [0.29, 0.717) is 6.61 Å². The van der Waals surface area contributed by atoms with Crippen molar-refractivity contribution >= 4 is 17.6 Å². The lowest BCUT2D eigenvalue weighted by Gasteiger charge is -2.33. The molecule has 26 heavy (non-hydrogen) atoms. The quantitative estimate of drug-likeness (QED) is 0.460. The van der Waals surface area contributed by atoms with Crippen molar-refractivity contribution in [1.82, 2.24) is 10.2 Å². The first-order chi connectivity index (χ1) is 12.7. The Kier molecular flexibility index (Phi) is 8.25. The predicted octanol–water partition coefficient (Wildman–Crippen LogP) is 2.36. The largest absolute Gasteiger partial charge is 0.466 e. The van der Waals surface area contributed by atoms with E-state index >= 15 is 0 Å². The zero-order valence-corrected chi connectivity index (χ0v) is 16.3. The van der Waals surface area contributed by atoms with Crippen LogP contribution in [0.1, 0.15) is 26.7 Å². The highest BCUT2D eigenvalue weighted by Crippen LogP contribution is 2.19. The number of carbonyl (C=O) groups excluding carboxylic acids is 1. The highest BCUT2D eigenvalue weighted by Gasteiger charge is 2.27. The zero-order valence-electron chi connectivity index (χ0n) is 16.3. The number of hydrogen-bond acceptors (Lipinski definition) is 4. The number of likely N-dealkylation sites (N-methyl/N-ethyl adjacent to an activating group) is 1. The van der Waals surface area contributed by atoms with Gasteiger partial charge in [0.05, 0.1) is 19.1 Å². The van der Waals surface area contributed by atoms with Gasteiger partial charge in [-0.2, -0.15) is 0 Å². The number of ether oxygens (including phenoxy) is 1. The summed E-state index contributed by atoms with van der Waals surface area (Å²) in [7, 11) is 2.09. The molecule has 0 atom stereocenters. The van der Waals surface area contributed by atoms with E-state index in [1.54, 1.807) is 0 Å². The fourth-order valence-electron chi connectivity index (χ4n) is 3.13. The first-order valence-corrected chi connectivity index (χ1v) is 9.61. The van der Waals surface area contributed by atoms with Gasteiger partial charge in [0.1, 0.15) is 0 Å². The number of nitrogens with one attached hydrogen (secondary N) is 1. The van der Waals surface area contributed by atoms with Gasteiger partial charge in [-0.15, -0.1) is 0 Å². The van der Waals surface area contributed by atoms with E-state index in [9.17, 15) is 4.79 Å². The molecule has 0 saturated carbocycles. The number of piperidine rings is 1. The Morgan fingerprint density at radius 1 is 1.27 bits per heavy atom. The Bertz CT molecular complexity index is 568. The lowest BCUT2D eigenvalue weighted by atomic mass is 9.97. The molecule has 0 radical (unpaired) electrons. The van der Waals surface area contributed by atoms with E-state index in [-0.39, 0.29) is 11.9 Å². The second kappa shape index (κ2) is 10.7. The van der Waals surface area contributed by atoms with Crippen LogP contribution in [-0.4, -0.2) is 63.2 Å². The molecule has 1 saturated heterocycles. The summed E-state index contributed by atoms with van der Waals surface area (Å²) in [6.07, 6.45) is 1.65. The van der Waals surface area contributed by atoms with Crippen LogP contribution in [0.5, 0.6) is 0 Å². The molecule has 0 bridgehead atoms. The minimum atomic E-state index is -0.0569. The summed E-state index contributed by atoms with van der Waals surface area (Å²) in [5.74, 6) is 0.910. The normalized spacial score (nSPS) is 15.7. The lowest BCUT2D eigenvalue weighted by Crippen LogP contribution is -2.47. The van der Waals surface area contributed by atoms with E-state index in [1.807, 2.05) is 25.1 Å². The average molecular weight is 361 g/mol. The first-order valence-electron chi connectivity index (χ1n) is 9.61. The molecule has 0 aromatic heterocycles. The minimum Gasteiger partial charge on any atom is -0.466 e. The number of nitrogens with zero attached hydrogens (tertiary/aromatic N) is 3. The molecule has 0 unspecified atom stereocenters. The molecule has 1 fully saturated rings. The number of aliphatic imine (C=N–C) groups is 1. The SMILES string of the molecule is CCNC(=NCCN(C)c1ccccc1)N1CCC(C(=O)OCC)CC1. The Hall–Kier alpha value is -2.24. The average Bonchev–Trinajstić information content (AvgIpc) is 2.68. The standard InChI is InChI=1S/C20H32N4O2/c1-4-21-20(22-13-16-23(3)18-9-7-6-8-10-18)24-14-11-17(12-15-24)19(25)26-5-2/h6-10,17H,4-5,11-16H2,1-3H3,(H,21,22). The molecular formula is C20H32N4O2. The van der Waals surface area contributed by atoms with Gasteiger partial charge >= 0.3 is 5.97 Å². The molecule has 1 heterocycles. The van der Waals surface area contributed by atoms with Crippen LogP contribution < -0.4 is 10.2 Å². The molecule has 1 aliphatic heterocycles. The number of likely N-dealkylation sites (tertiary alicyclic amines) is 1. The van der Waals surface area contributed by atoms with Crippen LogP contribution >= 0.6 is 0 Å². The van der Waals surface area contributed by atoms with Crippen LogP contribution in [0, 0.1) is 5.92 Å². The second-order valence-corrected chi connectivity index (χ2v) is 6.51. The van der Waals surface area contributed by atoms with Gasteiger partial charge in [0.25, 0.3) is 0 Å². The van der Waals surface area contributed by atoms with Crippen LogP contribution in [-0.2, 0) is 9.53 Å². The molecular weight excluding hydrogens is 328 g/mol. The van der Waals surface area contributed by atoms with Gasteiger partial charge < -0.3 is 19.9 Å². The summed E-state index contributed by atoms with van der Waals surface area (Å²) in [6.45, 7) is 8.49. The predicted molar refractivity (Wildman–Crippen MR) is 107 cm³/mol. The minimum absolute atomic E-state index is 0.0262. The van der Waals surface area contributed by atoms with Gasteiger partial charge in [-0.1, -0.05) is 18.2 Å². The molecule has 144 valence electrons. The fourth-order valence-corrected chi connectivity index (χ4v) is 3.13. The number of rotatable bonds is 7. The van der Waals surface area contributed by atoms with Gasteiger partial charge in [0.2, 0.25) is 0 Å². The zero-order chi connectivity index (χ0) is 18.8. The van der Waals surface area contributed by atoms with Crippen LogP contribution in [0.3, 0.4) is 0 Å². The summed E-state index contributed by atoms with van der Waals surface area (Å²) in [6, 6.07) is 10.3. The van der Waals surface area contributed by atoms with Crippen molar-refractivity contribution in [2.24, 2.45) is 10.9 Å². The Labute approximate surface area is 157 Å². The van der Waals surface area contributed by atoms with E-state index in [0.717, 1.165) is 51.5 Å². The molecule has 0 aliphatic carbocycles. The topological polar surface area (TPSA) is 57.2 Å². The molecule has 6 nitrogen and oxygen atoms in total. The van der Waals surface area contributed by atoms with E-state index < -0.39 is 0 Å². The molecule has 0 amide bonds. The van der Waals surface area contributed by atoms with Gasteiger partial charge in [0, 0.05) is 38.9 Å². The molecule has 6 heteroatoms. The van der Waals surface area contributed by atoms with Crippen molar-refractivity contribution in [1.29, 1.82) is 0 Å². The van der Waals surface area contributed by atoms with Crippen molar-refractivity contribution in [2.45, 2.75) is 26.7 Å². The van der Waals surface area contributed by atoms with E-state index in [2.05, 4.69) is 41.2 Å². The number of benzene rings is 1. The third-order valence-electron chi connectivity index (χ3n) is 4.64. The van der Waals surface area contributed by atoms with E-state index in [4.69, 9.17) is 9.73 Å². The molecule has 1 aliphatic rings. The Balaban J connectivity index is 1.86. The van der Waals surface area contributed by atoms with E-state index in [1.165, 1.54) is 5.69 Å². The first kappa shape index (κ1) is 20.1. The molecule has 2 rings (SSSR count). The van der Waals surface area contributed by atoms with Crippen LogP contribution in [0.4, 0.5) is 5.69 Å². The maximum atomic E-state index is 11.9. The van der Waals surface area contributed by atoms with Crippen molar-refractivity contribution in [2.75, 3.05) is 51.3 Å². The summed E-state index contributed by atoms with van der Waals surface area (Å²) in [5, 5.41) is 3.38. The number of guanidine groups is 1.